The number of methoxy groups -OCH3 is 1. The van der Waals surface area contributed by atoms with Gasteiger partial charge in [0.1, 0.15) is 11.3 Å². The standard InChI is InChI=1S/C25H29NO3/c1-16(13-23(27)26-18(3)11-12-20-9-7-6-8-10-20)21-14-22-17(2)15-29-25(22)19(4)24(21)28-5/h6-10,13-15,18H,11-12H2,1-5H3,(H,26,27)/b16-13+. The monoisotopic (exact) mass is 391 g/mol. The first-order valence-corrected chi connectivity index (χ1v) is 9.99. The third-order valence-corrected chi connectivity index (χ3v) is 5.31. The van der Waals surface area contributed by atoms with Crippen molar-refractivity contribution in [3.8, 4) is 5.75 Å². The SMILES string of the molecule is COc1c(/C(C)=C/C(=O)NC(C)CCc2ccccc2)cc2c(C)coc2c1C. The molecule has 3 aromatic rings. The molecule has 0 radical (unpaired) electrons. The fourth-order valence-corrected chi connectivity index (χ4v) is 3.65. The Balaban J connectivity index is 1.74. The van der Waals surface area contributed by atoms with Crippen molar-refractivity contribution < 1.29 is 13.9 Å². The number of aryl methyl sites for hydroxylation is 3. The number of hydrogen-bond donors (Lipinski definition) is 1. The Bertz CT molecular complexity index is 1030. The largest absolute Gasteiger partial charge is 0.496 e. The molecular weight excluding hydrogens is 362 g/mol. The van der Waals surface area contributed by atoms with Crippen LogP contribution >= 0.6 is 0 Å². The third kappa shape index (κ3) is 4.70. The van der Waals surface area contributed by atoms with Crippen LogP contribution in [0.25, 0.3) is 16.5 Å². The average Bonchev–Trinajstić information content (AvgIpc) is 3.08. The van der Waals surface area contributed by atoms with Crippen LogP contribution in [0.4, 0.5) is 0 Å². The Labute approximate surface area is 172 Å². The van der Waals surface area contributed by atoms with Gasteiger partial charge in [-0.1, -0.05) is 30.3 Å². The van der Waals surface area contributed by atoms with Gasteiger partial charge in [0, 0.05) is 28.6 Å². The number of ether oxygens (including phenoxy) is 1. The molecule has 1 atom stereocenters. The molecule has 4 nitrogen and oxygen atoms in total. The van der Waals surface area contributed by atoms with E-state index >= 15 is 0 Å². The second kappa shape index (κ2) is 8.99. The summed E-state index contributed by atoms with van der Waals surface area (Å²) < 4.78 is 11.3. The molecule has 4 heteroatoms. The van der Waals surface area contributed by atoms with E-state index in [4.69, 9.17) is 9.15 Å². The van der Waals surface area contributed by atoms with Gasteiger partial charge < -0.3 is 14.5 Å². The first-order valence-electron chi connectivity index (χ1n) is 9.99. The maximum Gasteiger partial charge on any atom is 0.244 e. The molecule has 0 aliphatic heterocycles. The molecule has 0 aliphatic rings. The molecule has 0 saturated carbocycles. The first kappa shape index (κ1) is 20.7. The van der Waals surface area contributed by atoms with E-state index in [1.807, 2.05) is 52.0 Å². The summed E-state index contributed by atoms with van der Waals surface area (Å²) >= 11 is 0. The molecule has 0 saturated heterocycles. The van der Waals surface area contributed by atoms with E-state index in [2.05, 4.69) is 17.4 Å². The van der Waals surface area contributed by atoms with E-state index in [1.54, 1.807) is 19.4 Å². The van der Waals surface area contributed by atoms with Crippen LogP contribution in [0.15, 0.2) is 53.2 Å². The number of amides is 1. The van der Waals surface area contributed by atoms with Gasteiger partial charge in [-0.2, -0.15) is 0 Å². The van der Waals surface area contributed by atoms with E-state index in [1.165, 1.54) is 5.56 Å². The highest BCUT2D eigenvalue weighted by atomic mass is 16.5. The highest BCUT2D eigenvalue weighted by Gasteiger charge is 2.17. The Kier molecular flexibility index (Phi) is 6.42. The normalized spacial score (nSPS) is 12.8. The average molecular weight is 392 g/mol. The van der Waals surface area contributed by atoms with Gasteiger partial charge in [-0.05, 0) is 63.3 Å². The van der Waals surface area contributed by atoms with E-state index in [0.717, 1.165) is 51.8 Å². The van der Waals surface area contributed by atoms with E-state index in [9.17, 15) is 4.79 Å². The maximum atomic E-state index is 12.6. The van der Waals surface area contributed by atoms with Crippen molar-refractivity contribution in [2.45, 2.75) is 46.6 Å². The second-order valence-corrected chi connectivity index (χ2v) is 7.64. The first-order chi connectivity index (χ1) is 13.9. The molecule has 0 fully saturated rings. The van der Waals surface area contributed by atoms with Crippen molar-refractivity contribution in [3.05, 3.63) is 71.0 Å². The Morgan fingerprint density at radius 2 is 1.97 bits per heavy atom. The Hall–Kier alpha value is -3.01. The minimum atomic E-state index is -0.0909. The summed E-state index contributed by atoms with van der Waals surface area (Å²) in [7, 11) is 1.65. The highest BCUT2D eigenvalue weighted by molar-refractivity contribution is 5.98. The highest BCUT2D eigenvalue weighted by Crippen LogP contribution is 2.37. The lowest BCUT2D eigenvalue weighted by molar-refractivity contribution is -0.117. The van der Waals surface area contributed by atoms with Crippen molar-refractivity contribution in [2.24, 2.45) is 0 Å². The van der Waals surface area contributed by atoms with Crippen LogP contribution in [0.1, 0.15) is 42.5 Å². The zero-order chi connectivity index (χ0) is 21.0. The molecule has 3 rings (SSSR count). The van der Waals surface area contributed by atoms with Gasteiger partial charge in [-0.3, -0.25) is 4.79 Å². The number of benzene rings is 2. The number of furan rings is 1. The molecule has 1 heterocycles. The summed E-state index contributed by atoms with van der Waals surface area (Å²) in [4.78, 5) is 12.6. The van der Waals surface area contributed by atoms with Crippen molar-refractivity contribution in [1.82, 2.24) is 5.32 Å². The molecule has 29 heavy (non-hydrogen) atoms. The quantitative estimate of drug-likeness (QED) is 0.534. The molecule has 1 N–H and O–H groups in total. The lowest BCUT2D eigenvalue weighted by atomic mass is 9.98. The summed E-state index contributed by atoms with van der Waals surface area (Å²) in [6.45, 7) is 7.97. The van der Waals surface area contributed by atoms with Crippen LogP contribution in [0.3, 0.4) is 0 Å². The van der Waals surface area contributed by atoms with Gasteiger partial charge in [0.05, 0.1) is 13.4 Å². The van der Waals surface area contributed by atoms with Gasteiger partial charge >= 0.3 is 0 Å². The number of hydrogen-bond acceptors (Lipinski definition) is 3. The molecule has 0 spiro atoms. The van der Waals surface area contributed by atoms with Gasteiger partial charge in [-0.25, -0.2) is 0 Å². The number of rotatable bonds is 7. The number of nitrogens with one attached hydrogen (secondary N) is 1. The number of fused-ring (bicyclic) bond motifs is 1. The van der Waals surface area contributed by atoms with Crippen molar-refractivity contribution in [2.75, 3.05) is 7.11 Å². The summed E-state index contributed by atoms with van der Waals surface area (Å²) in [5.74, 6) is 0.650. The zero-order valence-electron chi connectivity index (χ0n) is 17.8. The third-order valence-electron chi connectivity index (χ3n) is 5.31. The fourth-order valence-electron chi connectivity index (χ4n) is 3.65. The van der Waals surface area contributed by atoms with Crippen LogP contribution in [0, 0.1) is 13.8 Å². The smallest absolute Gasteiger partial charge is 0.244 e. The van der Waals surface area contributed by atoms with Crippen LogP contribution in [0.5, 0.6) is 5.75 Å². The number of carbonyl (C=O) groups is 1. The predicted molar refractivity (Wildman–Crippen MR) is 118 cm³/mol. The Morgan fingerprint density at radius 1 is 1.24 bits per heavy atom. The predicted octanol–water partition coefficient (Wildman–Crippen LogP) is 5.60. The molecule has 0 bridgehead atoms. The lowest BCUT2D eigenvalue weighted by Gasteiger charge is -2.15. The van der Waals surface area contributed by atoms with E-state index < -0.39 is 0 Å². The minimum absolute atomic E-state index is 0.0909. The topological polar surface area (TPSA) is 51.5 Å². The van der Waals surface area contributed by atoms with Gasteiger partial charge in [0.15, 0.2) is 0 Å². The summed E-state index contributed by atoms with van der Waals surface area (Å²) in [5.41, 5.74) is 5.89. The van der Waals surface area contributed by atoms with Crippen molar-refractivity contribution in [3.63, 3.8) is 0 Å². The summed E-state index contributed by atoms with van der Waals surface area (Å²) in [6, 6.07) is 12.5. The maximum absolute atomic E-state index is 12.6. The minimum Gasteiger partial charge on any atom is -0.496 e. The zero-order valence-corrected chi connectivity index (χ0v) is 17.8. The number of carbonyl (C=O) groups excluding carboxylic acids is 1. The molecule has 1 amide bonds. The fraction of sp³-hybridized carbons (Fsp3) is 0.320. The molecule has 2 aromatic carbocycles. The summed E-state index contributed by atoms with van der Waals surface area (Å²) in [5, 5.41) is 4.12. The van der Waals surface area contributed by atoms with Crippen molar-refractivity contribution in [1.29, 1.82) is 0 Å². The molecule has 0 aliphatic carbocycles. The molecule has 1 unspecified atom stereocenters. The molecule has 1 aromatic heterocycles. The van der Waals surface area contributed by atoms with Crippen LogP contribution < -0.4 is 10.1 Å². The van der Waals surface area contributed by atoms with Gasteiger partial charge in [0.25, 0.3) is 0 Å². The van der Waals surface area contributed by atoms with E-state index in [-0.39, 0.29) is 11.9 Å². The van der Waals surface area contributed by atoms with Crippen LogP contribution in [-0.2, 0) is 11.2 Å². The van der Waals surface area contributed by atoms with Gasteiger partial charge in [-0.15, -0.1) is 0 Å². The molecular formula is C25H29NO3. The second-order valence-electron chi connectivity index (χ2n) is 7.64. The number of allylic oxidation sites excluding steroid dienone is 1. The van der Waals surface area contributed by atoms with E-state index in [0.29, 0.717) is 0 Å². The van der Waals surface area contributed by atoms with Crippen LogP contribution in [-0.4, -0.2) is 19.1 Å². The summed E-state index contributed by atoms with van der Waals surface area (Å²) in [6.07, 6.45) is 5.23. The van der Waals surface area contributed by atoms with Crippen LogP contribution in [0.2, 0.25) is 0 Å². The van der Waals surface area contributed by atoms with Crippen molar-refractivity contribution >= 4 is 22.4 Å². The molecule has 152 valence electrons. The lowest BCUT2D eigenvalue weighted by Crippen LogP contribution is -2.31. The Morgan fingerprint density at radius 3 is 2.66 bits per heavy atom. The van der Waals surface area contributed by atoms with Gasteiger partial charge in [0.2, 0.25) is 5.91 Å².